The van der Waals surface area contributed by atoms with E-state index in [0.717, 1.165) is 39.3 Å². The van der Waals surface area contributed by atoms with E-state index in [1.165, 1.54) is 12.3 Å². The molecule has 0 radical (unpaired) electrons. The van der Waals surface area contributed by atoms with E-state index in [0.29, 0.717) is 11.9 Å². The number of nitriles is 1. The molecule has 0 spiro atoms. The summed E-state index contributed by atoms with van der Waals surface area (Å²) in [5.41, 5.74) is 0.123. The van der Waals surface area contributed by atoms with Gasteiger partial charge < -0.3 is 10.2 Å². The first-order valence-corrected chi connectivity index (χ1v) is 6.93. The minimum Gasteiger partial charge on any atom is -0.353 e. The predicted molar refractivity (Wildman–Crippen MR) is 76.1 cm³/mol. The summed E-state index contributed by atoms with van der Waals surface area (Å²) in [4.78, 5) is 18.8. The van der Waals surface area contributed by atoms with Crippen LogP contribution in [0.25, 0.3) is 0 Å². The monoisotopic (exact) mass is 288 g/mol. The van der Waals surface area contributed by atoms with E-state index in [1.54, 1.807) is 0 Å². The molecule has 3 rings (SSSR count). The first-order valence-electron chi connectivity index (χ1n) is 6.93. The molecular weight excluding hydrogens is 272 g/mol. The molecule has 2 aliphatic heterocycles. The van der Waals surface area contributed by atoms with Crippen molar-refractivity contribution in [1.29, 1.82) is 5.26 Å². The molecule has 21 heavy (non-hydrogen) atoms. The van der Waals surface area contributed by atoms with Crippen LogP contribution in [0.5, 0.6) is 0 Å². The van der Waals surface area contributed by atoms with Gasteiger partial charge in [-0.05, 0) is 0 Å². The molecule has 1 N–H and O–H groups in total. The molecule has 8 heteroatoms. The van der Waals surface area contributed by atoms with Gasteiger partial charge in [0.2, 0.25) is 0 Å². The molecule has 8 nitrogen and oxygen atoms in total. The first-order chi connectivity index (χ1) is 10.2. The highest BCUT2D eigenvalue weighted by molar-refractivity contribution is 5.57. The average Bonchev–Trinajstić information content (AvgIpc) is 2.45. The summed E-state index contributed by atoms with van der Waals surface area (Å²) >= 11 is 0. The van der Waals surface area contributed by atoms with Crippen molar-refractivity contribution < 1.29 is 4.92 Å². The minimum absolute atomic E-state index is 0.144. The number of hydrogen-bond acceptors (Lipinski definition) is 7. The third kappa shape index (κ3) is 2.66. The lowest BCUT2D eigenvalue weighted by atomic mass is 10.1. The van der Waals surface area contributed by atoms with E-state index < -0.39 is 4.92 Å². The van der Waals surface area contributed by atoms with Gasteiger partial charge in [0.1, 0.15) is 23.6 Å². The number of anilines is 1. The number of rotatable bonds is 3. The van der Waals surface area contributed by atoms with Crippen LogP contribution in [0, 0.1) is 21.4 Å². The fourth-order valence-corrected chi connectivity index (χ4v) is 2.71. The highest BCUT2D eigenvalue weighted by atomic mass is 16.6. The standard InChI is InChI=1S/C13H16N6O2/c14-6-10-5-11(19(20)21)9-16-13(10)18-3-1-17(2-4-18)12-7-15-8-12/h5,9,12,15H,1-4,7-8H2. The Morgan fingerprint density at radius 1 is 1.38 bits per heavy atom. The topological polar surface area (TPSA) is 98.3 Å². The van der Waals surface area contributed by atoms with Crippen molar-refractivity contribution in [1.82, 2.24) is 15.2 Å². The third-order valence-electron chi connectivity index (χ3n) is 4.07. The van der Waals surface area contributed by atoms with Gasteiger partial charge in [0.25, 0.3) is 5.69 Å². The third-order valence-corrected chi connectivity index (χ3v) is 4.07. The molecule has 3 heterocycles. The maximum atomic E-state index is 10.7. The van der Waals surface area contributed by atoms with Gasteiger partial charge in [0.05, 0.1) is 4.92 Å². The van der Waals surface area contributed by atoms with Crippen LogP contribution in [0.15, 0.2) is 12.3 Å². The number of pyridine rings is 1. The number of nitrogens with zero attached hydrogens (tertiary/aromatic N) is 5. The SMILES string of the molecule is N#Cc1cc([N+](=O)[O-])cnc1N1CCN(C2CNC2)CC1. The quantitative estimate of drug-likeness (QED) is 0.615. The highest BCUT2D eigenvalue weighted by Gasteiger charge is 2.29. The van der Waals surface area contributed by atoms with E-state index >= 15 is 0 Å². The van der Waals surface area contributed by atoms with E-state index in [9.17, 15) is 15.4 Å². The fourth-order valence-electron chi connectivity index (χ4n) is 2.71. The van der Waals surface area contributed by atoms with Crippen molar-refractivity contribution in [2.45, 2.75) is 6.04 Å². The van der Waals surface area contributed by atoms with Crippen LogP contribution >= 0.6 is 0 Å². The Morgan fingerprint density at radius 3 is 2.62 bits per heavy atom. The smallest absolute Gasteiger partial charge is 0.289 e. The molecule has 0 aromatic carbocycles. The molecule has 1 aromatic heterocycles. The normalized spacial score (nSPS) is 19.9. The second-order valence-corrected chi connectivity index (χ2v) is 5.27. The van der Waals surface area contributed by atoms with Crippen molar-refractivity contribution in [2.75, 3.05) is 44.2 Å². The van der Waals surface area contributed by atoms with Crippen LogP contribution in [0.1, 0.15) is 5.56 Å². The molecule has 0 aliphatic carbocycles. The fraction of sp³-hybridized carbons (Fsp3) is 0.538. The van der Waals surface area contributed by atoms with Crippen LogP contribution in [-0.2, 0) is 0 Å². The van der Waals surface area contributed by atoms with Gasteiger partial charge in [-0.3, -0.25) is 15.0 Å². The Kier molecular flexibility index (Phi) is 3.68. The molecule has 0 amide bonds. The summed E-state index contributed by atoms with van der Waals surface area (Å²) in [7, 11) is 0. The van der Waals surface area contributed by atoms with Gasteiger partial charge in [-0.1, -0.05) is 0 Å². The molecule has 110 valence electrons. The maximum Gasteiger partial charge on any atom is 0.289 e. The molecule has 0 bridgehead atoms. The van der Waals surface area contributed by atoms with Gasteiger partial charge in [-0.15, -0.1) is 0 Å². The number of nitrogens with one attached hydrogen (secondary N) is 1. The average molecular weight is 288 g/mol. The zero-order valence-electron chi connectivity index (χ0n) is 11.5. The summed E-state index contributed by atoms with van der Waals surface area (Å²) in [5.74, 6) is 0.550. The predicted octanol–water partition coefficient (Wildman–Crippen LogP) is -0.0447. The Morgan fingerprint density at radius 2 is 2.10 bits per heavy atom. The lowest BCUT2D eigenvalue weighted by Crippen LogP contribution is -2.61. The Bertz CT molecular complexity index is 587. The van der Waals surface area contributed by atoms with Gasteiger partial charge in [-0.2, -0.15) is 5.26 Å². The van der Waals surface area contributed by atoms with Gasteiger partial charge in [-0.25, -0.2) is 4.98 Å². The molecule has 0 saturated carbocycles. The van der Waals surface area contributed by atoms with E-state index in [1.807, 2.05) is 11.0 Å². The minimum atomic E-state index is -0.529. The second kappa shape index (κ2) is 5.63. The lowest BCUT2D eigenvalue weighted by Gasteiger charge is -2.43. The van der Waals surface area contributed by atoms with Crippen LogP contribution in [0.2, 0.25) is 0 Å². The molecule has 2 saturated heterocycles. The number of hydrogen-bond donors (Lipinski definition) is 1. The maximum absolute atomic E-state index is 10.7. The molecule has 2 aliphatic rings. The van der Waals surface area contributed by atoms with Crippen LogP contribution in [0.4, 0.5) is 11.5 Å². The molecule has 1 aromatic rings. The van der Waals surface area contributed by atoms with Crippen molar-refractivity contribution in [3.05, 3.63) is 27.9 Å². The van der Waals surface area contributed by atoms with E-state index in [4.69, 9.17) is 0 Å². The second-order valence-electron chi connectivity index (χ2n) is 5.27. The van der Waals surface area contributed by atoms with Crippen molar-refractivity contribution in [2.24, 2.45) is 0 Å². The van der Waals surface area contributed by atoms with Crippen molar-refractivity contribution in [3.8, 4) is 6.07 Å². The Hall–Kier alpha value is -2.24. The van der Waals surface area contributed by atoms with Gasteiger partial charge >= 0.3 is 0 Å². The summed E-state index contributed by atoms with van der Waals surface area (Å²) < 4.78 is 0. The number of piperazine rings is 1. The Labute approximate surface area is 122 Å². The summed E-state index contributed by atoms with van der Waals surface area (Å²) in [6, 6.07) is 3.93. The number of aromatic nitrogens is 1. The van der Waals surface area contributed by atoms with E-state index in [2.05, 4.69) is 15.2 Å². The van der Waals surface area contributed by atoms with Crippen LogP contribution in [0.3, 0.4) is 0 Å². The largest absolute Gasteiger partial charge is 0.353 e. The zero-order valence-corrected chi connectivity index (χ0v) is 11.5. The van der Waals surface area contributed by atoms with Crippen LogP contribution in [-0.4, -0.2) is 60.1 Å². The summed E-state index contributed by atoms with van der Waals surface area (Å²) in [6.07, 6.45) is 1.22. The molecule has 0 unspecified atom stereocenters. The molecule has 2 fully saturated rings. The van der Waals surface area contributed by atoms with Gasteiger partial charge in [0.15, 0.2) is 0 Å². The first kappa shape index (κ1) is 13.7. The van der Waals surface area contributed by atoms with Crippen molar-refractivity contribution in [3.63, 3.8) is 0 Å². The Balaban J connectivity index is 1.72. The molecule has 0 atom stereocenters. The summed E-state index contributed by atoms with van der Waals surface area (Å²) in [5, 5.41) is 23.2. The van der Waals surface area contributed by atoms with E-state index in [-0.39, 0.29) is 11.3 Å². The molecular formula is C13H16N6O2. The highest BCUT2D eigenvalue weighted by Crippen LogP contribution is 2.23. The number of nitro groups is 1. The zero-order chi connectivity index (χ0) is 14.8. The summed E-state index contributed by atoms with van der Waals surface area (Å²) in [6.45, 7) is 5.51. The van der Waals surface area contributed by atoms with Crippen molar-refractivity contribution >= 4 is 11.5 Å². The lowest BCUT2D eigenvalue weighted by molar-refractivity contribution is -0.385. The van der Waals surface area contributed by atoms with Crippen LogP contribution < -0.4 is 10.2 Å². The van der Waals surface area contributed by atoms with Gasteiger partial charge in [0, 0.05) is 51.4 Å².